The quantitative estimate of drug-likeness (QED) is 0.728. The summed E-state index contributed by atoms with van der Waals surface area (Å²) >= 11 is 1.53. The van der Waals surface area contributed by atoms with E-state index in [1.54, 1.807) is 12.1 Å². The third kappa shape index (κ3) is 5.13. The minimum absolute atomic E-state index is 0.0123. The normalized spacial score (nSPS) is 18.7. The van der Waals surface area contributed by atoms with Crippen molar-refractivity contribution < 1.29 is 32.7 Å². The molecule has 0 radical (unpaired) electrons. The van der Waals surface area contributed by atoms with E-state index in [0.29, 0.717) is 5.69 Å². The predicted molar refractivity (Wildman–Crippen MR) is 88.9 cm³/mol. The Balaban J connectivity index is 2.04. The Morgan fingerprint density at radius 2 is 1.96 bits per heavy atom. The molecule has 2 amide bonds. The summed E-state index contributed by atoms with van der Waals surface area (Å²) in [5.41, 5.74) is 0.577. The Bertz CT molecular complexity index is 694. The summed E-state index contributed by atoms with van der Waals surface area (Å²) in [5.74, 6) is -3.90. The van der Waals surface area contributed by atoms with Gasteiger partial charge in [0.25, 0.3) is 0 Å². The lowest BCUT2D eigenvalue weighted by Gasteiger charge is -2.19. The molecule has 0 saturated carbocycles. The lowest BCUT2D eigenvalue weighted by atomic mass is 10.1. The number of alkyl halides is 3. The van der Waals surface area contributed by atoms with Gasteiger partial charge in [-0.2, -0.15) is 13.2 Å². The molecule has 1 aromatic rings. The molecule has 1 saturated heterocycles. The summed E-state index contributed by atoms with van der Waals surface area (Å²) in [6.45, 7) is -0.0123. The first-order valence-corrected chi connectivity index (χ1v) is 8.87. The SMILES string of the molecule is CSc1ccc(N2CC(C(=O)NC(CC(F)(F)F)C(=O)O)CC2=O)cc1. The molecule has 0 aliphatic carbocycles. The van der Waals surface area contributed by atoms with Gasteiger partial charge in [-0.15, -0.1) is 11.8 Å². The van der Waals surface area contributed by atoms with Crippen molar-refractivity contribution in [2.75, 3.05) is 17.7 Å². The number of hydrogen-bond donors (Lipinski definition) is 2. The molecule has 142 valence electrons. The highest BCUT2D eigenvalue weighted by Crippen LogP contribution is 2.28. The van der Waals surface area contributed by atoms with Crippen molar-refractivity contribution in [3.05, 3.63) is 24.3 Å². The first-order chi connectivity index (χ1) is 12.1. The molecular weight excluding hydrogens is 373 g/mol. The number of carbonyl (C=O) groups excluding carboxylic acids is 2. The third-order valence-corrected chi connectivity index (χ3v) is 4.67. The van der Waals surface area contributed by atoms with E-state index in [9.17, 15) is 27.6 Å². The van der Waals surface area contributed by atoms with Crippen LogP contribution in [0, 0.1) is 5.92 Å². The molecule has 6 nitrogen and oxygen atoms in total. The fourth-order valence-corrected chi connectivity index (χ4v) is 3.02. The van der Waals surface area contributed by atoms with Crippen molar-refractivity contribution in [2.45, 2.75) is 30.0 Å². The van der Waals surface area contributed by atoms with Gasteiger partial charge >= 0.3 is 12.1 Å². The third-order valence-electron chi connectivity index (χ3n) is 3.93. The Kier molecular flexibility index (Phi) is 6.17. The summed E-state index contributed by atoms with van der Waals surface area (Å²) in [6, 6.07) is 4.98. The predicted octanol–water partition coefficient (Wildman–Crippen LogP) is 2.28. The topological polar surface area (TPSA) is 86.7 Å². The maximum absolute atomic E-state index is 12.4. The number of carbonyl (C=O) groups is 3. The number of rotatable bonds is 6. The van der Waals surface area contributed by atoms with E-state index in [2.05, 4.69) is 0 Å². The maximum atomic E-state index is 12.4. The van der Waals surface area contributed by atoms with Crippen LogP contribution >= 0.6 is 11.8 Å². The summed E-state index contributed by atoms with van der Waals surface area (Å²) in [6.07, 6.45) is -4.69. The smallest absolute Gasteiger partial charge is 0.391 e. The second kappa shape index (κ2) is 7.98. The van der Waals surface area contributed by atoms with Gasteiger partial charge in [0.2, 0.25) is 11.8 Å². The van der Waals surface area contributed by atoms with Gasteiger partial charge < -0.3 is 15.3 Å². The van der Waals surface area contributed by atoms with E-state index >= 15 is 0 Å². The molecule has 2 rings (SSSR count). The molecule has 1 aromatic carbocycles. The largest absolute Gasteiger partial charge is 0.480 e. The number of halogens is 3. The number of nitrogens with zero attached hydrogens (tertiary/aromatic N) is 1. The average Bonchev–Trinajstić information content (AvgIpc) is 2.95. The molecule has 1 heterocycles. The van der Waals surface area contributed by atoms with Gasteiger partial charge in [0.15, 0.2) is 0 Å². The molecule has 1 fully saturated rings. The fraction of sp³-hybridized carbons (Fsp3) is 0.438. The first-order valence-electron chi connectivity index (χ1n) is 7.65. The molecule has 26 heavy (non-hydrogen) atoms. The molecule has 0 spiro atoms. The van der Waals surface area contributed by atoms with Crippen LogP contribution in [0.15, 0.2) is 29.2 Å². The number of amides is 2. The number of anilines is 1. The van der Waals surface area contributed by atoms with Gasteiger partial charge in [-0.25, -0.2) is 4.79 Å². The number of carboxylic acids is 1. The summed E-state index contributed by atoms with van der Waals surface area (Å²) in [4.78, 5) is 37.6. The van der Waals surface area contributed by atoms with Crippen molar-refractivity contribution in [1.29, 1.82) is 0 Å². The molecule has 0 aromatic heterocycles. The highest BCUT2D eigenvalue weighted by atomic mass is 32.2. The van der Waals surface area contributed by atoms with Crippen LogP contribution in [0.5, 0.6) is 0 Å². The minimum Gasteiger partial charge on any atom is -0.480 e. The van der Waals surface area contributed by atoms with E-state index in [0.717, 1.165) is 4.90 Å². The minimum atomic E-state index is -4.73. The molecule has 1 aliphatic rings. The zero-order valence-corrected chi connectivity index (χ0v) is 14.6. The van der Waals surface area contributed by atoms with Crippen molar-refractivity contribution in [1.82, 2.24) is 5.32 Å². The number of thioether (sulfide) groups is 1. The van der Waals surface area contributed by atoms with E-state index < -0.39 is 36.4 Å². The van der Waals surface area contributed by atoms with Crippen molar-refractivity contribution >= 4 is 35.2 Å². The zero-order valence-electron chi connectivity index (χ0n) is 13.7. The van der Waals surface area contributed by atoms with Gasteiger partial charge in [-0.1, -0.05) is 0 Å². The zero-order chi connectivity index (χ0) is 19.5. The van der Waals surface area contributed by atoms with Crippen molar-refractivity contribution in [3.63, 3.8) is 0 Å². The Hall–Kier alpha value is -2.23. The van der Waals surface area contributed by atoms with Gasteiger partial charge in [0.1, 0.15) is 6.04 Å². The standard InChI is InChI=1S/C16H17F3N2O4S/c1-26-11-4-2-10(3-5-11)21-8-9(6-13(21)22)14(23)20-12(15(24)25)7-16(17,18)19/h2-5,9,12H,6-8H2,1H3,(H,20,23)(H,24,25). The molecule has 2 N–H and O–H groups in total. The van der Waals surface area contributed by atoms with Gasteiger partial charge in [0.05, 0.1) is 12.3 Å². The van der Waals surface area contributed by atoms with Crippen molar-refractivity contribution in [3.8, 4) is 0 Å². The van der Waals surface area contributed by atoms with Crippen LogP contribution in [0.3, 0.4) is 0 Å². The summed E-state index contributed by atoms with van der Waals surface area (Å²) in [5, 5.41) is 10.8. The Labute approximate surface area is 151 Å². The van der Waals surface area contributed by atoms with Gasteiger partial charge in [0, 0.05) is 23.5 Å². The molecule has 2 atom stereocenters. The molecule has 1 aliphatic heterocycles. The van der Waals surface area contributed by atoms with E-state index in [4.69, 9.17) is 5.11 Å². The second-order valence-corrected chi connectivity index (χ2v) is 6.70. The van der Waals surface area contributed by atoms with E-state index in [-0.39, 0.29) is 18.9 Å². The van der Waals surface area contributed by atoms with Gasteiger partial charge in [-0.3, -0.25) is 9.59 Å². The molecule has 0 bridgehead atoms. The van der Waals surface area contributed by atoms with Crippen LogP contribution in [0.1, 0.15) is 12.8 Å². The monoisotopic (exact) mass is 390 g/mol. The summed E-state index contributed by atoms with van der Waals surface area (Å²) in [7, 11) is 0. The van der Waals surface area contributed by atoms with Crippen LogP contribution in [-0.4, -0.2) is 47.9 Å². The fourth-order valence-electron chi connectivity index (χ4n) is 2.62. The number of nitrogens with one attached hydrogen (secondary N) is 1. The van der Waals surface area contributed by atoms with Crippen LogP contribution in [-0.2, 0) is 14.4 Å². The van der Waals surface area contributed by atoms with E-state index in [1.807, 2.05) is 23.7 Å². The Morgan fingerprint density at radius 3 is 2.46 bits per heavy atom. The van der Waals surface area contributed by atoms with Crippen LogP contribution in [0.4, 0.5) is 18.9 Å². The number of benzene rings is 1. The summed E-state index contributed by atoms with van der Waals surface area (Å²) < 4.78 is 37.3. The number of aliphatic carboxylic acids is 1. The highest BCUT2D eigenvalue weighted by Gasteiger charge is 2.40. The lowest BCUT2D eigenvalue weighted by Crippen LogP contribution is -2.46. The maximum Gasteiger partial charge on any atom is 0.391 e. The Morgan fingerprint density at radius 1 is 1.35 bits per heavy atom. The van der Waals surface area contributed by atoms with E-state index in [1.165, 1.54) is 16.7 Å². The van der Waals surface area contributed by atoms with Crippen molar-refractivity contribution in [2.24, 2.45) is 5.92 Å². The van der Waals surface area contributed by atoms with Gasteiger partial charge in [-0.05, 0) is 30.5 Å². The number of hydrogen-bond acceptors (Lipinski definition) is 4. The van der Waals surface area contributed by atoms with Crippen LogP contribution in [0.25, 0.3) is 0 Å². The molecule has 2 unspecified atom stereocenters. The molecular formula is C16H17F3N2O4S. The lowest BCUT2D eigenvalue weighted by molar-refractivity contribution is -0.160. The highest BCUT2D eigenvalue weighted by molar-refractivity contribution is 7.98. The second-order valence-electron chi connectivity index (χ2n) is 5.82. The molecule has 10 heteroatoms. The first kappa shape index (κ1) is 20.1. The average molecular weight is 390 g/mol. The van der Waals surface area contributed by atoms with Crippen LogP contribution < -0.4 is 10.2 Å². The number of carboxylic acid groups (broad SMARTS) is 1. The van der Waals surface area contributed by atoms with Crippen LogP contribution in [0.2, 0.25) is 0 Å².